The summed E-state index contributed by atoms with van der Waals surface area (Å²) in [5, 5.41) is 4.73. The van der Waals surface area contributed by atoms with Crippen LogP contribution in [0.25, 0.3) is 0 Å². The molecule has 2 aromatic rings. The molecular weight excluding hydrogens is 284 g/mol. The Labute approximate surface area is 129 Å². The third-order valence-electron chi connectivity index (χ3n) is 5.35. The summed E-state index contributed by atoms with van der Waals surface area (Å²) in [6.45, 7) is 0. The molecule has 110 valence electrons. The summed E-state index contributed by atoms with van der Waals surface area (Å²) in [6.07, 6.45) is 5.47. The van der Waals surface area contributed by atoms with Crippen LogP contribution in [0.2, 0.25) is 5.02 Å². The molecule has 0 unspecified atom stereocenters. The van der Waals surface area contributed by atoms with Gasteiger partial charge >= 0.3 is 0 Å². The molecule has 0 aliphatic carbocycles. The molecule has 1 aromatic carbocycles. The monoisotopic (exact) mass is 302 g/mol. The van der Waals surface area contributed by atoms with Crippen molar-refractivity contribution in [1.82, 2.24) is 10.1 Å². The minimum atomic E-state index is 0.387. The van der Waals surface area contributed by atoms with Crippen molar-refractivity contribution in [2.45, 2.75) is 43.2 Å². The maximum Gasteiger partial charge on any atom is 0.141 e. The summed E-state index contributed by atoms with van der Waals surface area (Å²) in [5.74, 6) is 1.90. The molecule has 4 rings (SSSR count). The predicted molar refractivity (Wildman–Crippen MR) is 82.6 cm³/mol. The van der Waals surface area contributed by atoms with E-state index in [-0.39, 0.29) is 0 Å². The molecule has 0 radical (unpaired) electrons. The van der Waals surface area contributed by atoms with Gasteiger partial charge in [0.15, 0.2) is 0 Å². The van der Waals surface area contributed by atoms with E-state index in [0.29, 0.717) is 23.9 Å². The van der Waals surface area contributed by atoms with E-state index in [1.165, 1.54) is 24.8 Å². The van der Waals surface area contributed by atoms with E-state index in [2.05, 4.69) is 29.2 Å². The molecule has 2 fully saturated rings. The van der Waals surface area contributed by atoms with Crippen LogP contribution < -0.4 is 0 Å². The van der Waals surface area contributed by atoms with Crippen LogP contribution in [0.15, 0.2) is 41.1 Å². The first-order valence-corrected chi connectivity index (χ1v) is 8.00. The maximum atomic E-state index is 6.04. The van der Waals surface area contributed by atoms with Gasteiger partial charge in [0.2, 0.25) is 0 Å². The summed E-state index contributed by atoms with van der Waals surface area (Å²) >= 11 is 6.04. The highest BCUT2D eigenvalue weighted by Crippen LogP contribution is 2.50. The van der Waals surface area contributed by atoms with Gasteiger partial charge in [0, 0.05) is 29.1 Å². The number of likely N-dealkylation sites (N-methyl/N-ethyl adjacent to an activating group) is 1. The van der Waals surface area contributed by atoms with Crippen LogP contribution in [0, 0.1) is 0 Å². The molecule has 0 amide bonds. The van der Waals surface area contributed by atoms with Crippen molar-refractivity contribution in [3.05, 3.63) is 52.9 Å². The average molecular weight is 303 g/mol. The molecule has 2 aliphatic heterocycles. The summed E-state index contributed by atoms with van der Waals surface area (Å²) in [6, 6.07) is 11.6. The fourth-order valence-electron chi connectivity index (χ4n) is 4.30. The van der Waals surface area contributed by atoms with E-state index in [9.17, 15) is 0 Å². The van der Waals surface area contributed by atoms with E-state index in [4.69, 9.17) is 16.1 Å². The topological polar surface area (TPSA) is 29.3 Å². The molecule has 1 aromatic heterocycles. The number of aromatic nitrogens is 1. The lowest BCUT2D eigenvalue weighted by molar-refractivity contribution is 0.122. The molecular formula is C17H19ClN2O. The van der Waals surface area contributed by atoms with Crippen LogP contribution in [-0.2, 0) is 0 Å². The molecule has 3 nitrogen and oxygen atoms in total. The second-order valence-corrected chi connectivity index (χ2v) is 6.73. The van der Waals surface area contributed by atoms with Crippen molar-refractivity contribution in [3.63, 3.8) is 0 Å². The first-order valence-electron chi connectivity index (χ1n) is 7.62. The first-order chi connectivity index (χ1) is 10.2. The zero-order valence-electron chi connectivity index (χ0n) is 12.1. The summed E-state index contributed by atoms with van der Waals surface area (Å²) in [5.41, 5.74) is 1.37. The van der Waals surface area contributed by atoms with Gasteiger partial charge in [-0.25, -0.2) is 0 Å². The average Bonchev–Trinajstić information content (AvgIpc) is 3.08. The van der Waals surface area contributed by atoms with E-state index in [0.717, 1.165) is 10.8 Å². The van der Waals surface area contributed by atoms with Crippen LogP contribution >= 0.6 is 11.6 Å². The van der Waals surface area contributed by atoms with Crippen molar-refractivity contribution in [2.24, 2.45) is 0 Å². The minimum Gasteiger partial charge on any atom is -0.361 e. The number of rotatable bonds is 2. The molecule has 2 bridgehead atoms. The lowest BCUT2D eigenvalue weighted by Crippen LogP contribution is -2.44. The fraction of sp³-hybridized carbons (Fsp3) is 0.471. The van der Waals surface area contributed by atoms with Crippen molar-refractivity contribution >= 4 is 11.6 Å². The van der Waals surface area contributed by atoms with Crippen LogP contribution in [0.1, 0.15) is 42.4 Å². The smallest absolute Gasteiger partial charge is 0.141 e. The highest BCUT2D eigenvalue weighted by molar-refractivity contribution is 6.30. The van der Waals surface area contributed by atoms with Crippen molar-refractivity contribution in [1.29, 1.82) is 0 Å². The zero-order chi connectivity index (χ0) is 14.4. The summed E-state index contributed by atoms with van der Waals surface area (Å²) < 4.78 is 5.54. The molecule has 0 spiro atoms. The van der Waals surface area contributed by atoms with Crippen LogP contribution in [0.5, 0.6) is 0 Å². The predicted octanol–water partition coefficient (Wildman–Crippen LogP) is 4.06. The van der Waals surface area contributed by atoms with Gasteiger partial charge in [0.05, 0.1) is 6.20 Å². The van der Waals surface area contributed by atoms with Gasteiger partial charge < -0.3 is 4.52 Å². The molecule has 2 aliphatic rings. The number of nitrogens with zero attached hydrogens (tertiary/aromatic N) is 2. The number of benzene rings is 1. The Morgan fingerprint density at radius 2 is 2.00 bits per heavy atom. The highest BCUT2D eigenvalue weighted by atomic mass is 35.5. The molecule has 2 saturated heterocycles. The summed E-state index contributed by atoms with van der Waals surface area (Å²) in [4.78, 5) is 2.54. The van der Waals surface area contributed by atoms with Crippen molar-refractivity contribution < 1.29 is 4.52 Å². The normalized spacial score (nSPS) is 32.5. The molecule has 0 saturated carbocycles. The maximum absolute atomic E-state index is 6.04. The molecule has 3 heterocycles. The largest absolute Gasteiger partial charge is 0.361 e. The van der Waals surface area contributed by atoms with Crippen molar-refractivity contribution in [3.8, 4) is 0 Å². The number of hydrogen-bond donors (Lipinski definition) is 0. The Balaban J connectivity index is 1.75. The second kappa shape index (κ2) is 5.15. The molecule has 4 atom stereocenters. The Morgan fingerprint density at radius 1 is 1.19 bits per heavy atom. The lowest BCUT2D eigenvalue weighted by Gasteiger charge is -2.42. The van der Waals surface area contributed by atoms with Crippen LogP contribution in [-0.4, -0.2) is 29.2 Å². The van der Waals surface area contributed by atoms with E-state index >= 15 is 0 Å². The van der Waals surface area contributed by atoms with Crippen LogP contribution in [0.3, 0.4) is 0 Å². The highest BCUT2D eigenvalue weighted by Gasteiger charge is 2.47. The number of fused-ring (bicyclic) bond motifs is 2. The molecule has 0 N–H and O–H groups in total. The Kier molecular flexibility index (Phi) is 3.27. The minimum absolute atomic E-state index is 0.387. The summed E-state index contributed by atoms with van der Waals surface area (Å²) in [7, 11) is 2.25. The van der Waals surface area contributed by atoms with Gasteiger partial charge in [-0.15, -0.1) is 0 Å². The van der Waals surface area contributed by atoms with Gasteiger partial charge in [-0.3, -0.25) is 4.90 Å². The molecule has 4 heteroatoms. The van der Waals surface area contributed by atoms with Gasteiger partial charge in [-0.05, 0) is 49.9 Å². The molecule has 21 heavy (non-hydrogen) atoms. The number of hydrogen-bond acceptors (Lipinski definition) is 3. The fourth-order valence-corrected chi connectivity index (χ4v) is 4.43. The van der Waals surface area contributed by atoms with E-state index in [1.54, 1.807) is 6.20 Å². The van der Waals surface area contributed by atoms with E-state index in [1.807, 2.05) is 18.2 Å². The third kappa shape index (κ3) is 2.19. The SMILES string of the molecule is CN1[C@H]2CC[C@@H]1[C@@H](c1ccno1)[C@@H](c1ccc(Cl)cc1)C2. The second-order valence-electron chi connectivity index (χ2n) is 6.30. The Hall–Kier alpha value is -1.32. The Morgan fingerprint density at radius 3 is 2.71 bits per heavy atom. The number of piperidine rings is 1. The van der Waals surface area contributed by atoms with Gasteiger partial charge in [-0.2, -0.15) is 0 Å². The zero-order valence-corrected chi connectivity index (χ0v) is 12.8. The first kappa shape index (κ1) is 13.4. The van der Waals surface area contributed by atoms with Crippen LogP contribution in [0.4, 0.5) is 0 Å². The quantitative estimate of drug-likeness (QED) is 0.837. The van der Waals surface area contributed by atoms with E-state index < -0.39 is 0 Å². The lowest BCUT2D eigenvalue weighted by atomic mass is 9.75. The number of halogens is 1. The van der Waals surface area contributed by atoms with Gasteiger partial charge in [0.1, 0.15) is 5.76 Å². The third-order valence-corrected chi connectivity index (χ3v) is 5.61. The van der Waals surface area contributed by atoms with Gasteiger partial charge in [0.25, 0.3) is 0 Å². The Bertz CT molecular complexity index is 610. The standard InChI is InChI=1S/C17H19ClN2O/c1-20-13-6-7-15(20)17(16-8-9-19-21-16)14(10-13)11-2-4-12(18)5-3-11/h2-5,8-9,13-15,17H,6-7,10H2,1H3/t13-,14+,15+,17-/m0/s1. The van der Waals surface area contributed by atoms with Crippen molar-refractivity contribution in [2.75, 3.05) is 7.05 Å². The van der Waals surface area contributed by atoms with Gasteiger partial charge in [-0.1, -0.05) is 28.9 Å².